The highest BCUT2D eigenvalue weighted by Crippen LogP contribution is 2.36. The third kappa shape index (κ3) is 4.17. The SMILES string of the molecule is CCCC1CCC(O)C(Cc2cc(Cl)ccc2[N+](=O)[O-])C1. The van der Waals surface area contributed by atoms with Crippen LogP contribution in [0.15, 0.2) is 18.2 Å². The molecule has 2 rings (SSSR count). The number of nitrogens with zero attached hydrogens (tertiary/aromatic N) is 1. The smallest absolute Gasteiger partial charge is 0.272 e. The minimum atomic E-state index is -0.371. The molecule has 1 aromatic carbocycles. The van der Waals surface area contributed by atoms with Gasteiger partial charge in [-0.1, -0.05) is 31.4 Å². The number of hydrogen-bond acceptors (Lipinski definition) is 3. The monoisotopic (exact) mass is 311 g/mol. The van der Waals surface area contributed by atoms with Gasteiger partial charge in [-0.3, -0.25) is 10.1 Å². The molecule has 0 aromatic heterocycles. The molecule has 0 heterocycles. The lowest BCUT2D eigenvalue weighted by atomic mass is 9.75. The summed E-state index contributed by atoms with van der Waals surface area (Å²) in [4.78, 5) is 10.8. The third-order valence-corrected chi connectivity index (χ3v) is 4.70. The molecule has 3 unspecified atom stereocenters. The van der Waals surface area contributed by atoms with Crippen molar-refractivity contribution in [2.45, 2.75) is 51.6 Å². The normalized spacial score (nSPS) is 25.8. The van der Waals surface area contributed by atoms with E-state index in [9.17, 15) is 15.2 Å². The molecule has 0 radical (unpaired) electrons. The fourth-order valence-corrected chi connectivity index (χ4v) is 3.61. The second-order valence-corrected chi connectivity index (χ2v) is 6.47. The first-order chi connectivity index (χ1) is 10.0. The highest BCUT2D eigenvalue weighted by Gasteiger charge is 2.30. The molecule has 0 bridgehead atoms. The van der Waals surface area contributed by atoms with Crippen molar-refractivity contribution in [3.63, 3.8) is 0 Å². The van der Waals surface area contributed by atoms with Gasteiger partial charge in [0.15, 0.2) is 0 Å². The maximum atomic E-state index is 11.1. The second-order valence-electron chi connectivity index (χ2n) is 6.03. The van der Waals surface area contributed by atoms with Gasteiger partial charge >= 0.3 is 0 Å². The number of nitro benzene ring substituents is 1. The number of aliphatic hydroxyl groups is 1. The van der Waals surface area contributed by atoms with Crippen molar-refractivity contribution >= 4 is 17.3 Å². The van der Waals surface area contributed by atoms with E-state index >= 15 is 0 Å². The number of benzene rings is 1. The van der Waals surface area contributed by atoms with Crippen molar-refractivity contribution in [2.75, 3.05) is 0 Å². The number of aliphatic hydroxyl groups excluding tert-OH is 1. The maximum absolute atomic E-state index is 11.1. The second kappa shape index (κ2) is 7.23. The van der Waals surface area contributed by atoms with E-state index < -0.39 is 0 Å². The predicted octanol–water partition coefficient (Wildman–Crippen LogP) is 4.37. The van der Waals surface area contributed by atoms with E-state index in [0.29, 0.717) is 22.9 Å². The van der Waals surface area contributed by atoms with Gasteiger partial charge in [-0.25, -0.2) is 0 Å². The average Bonchev–Trinajstić information content (AvgIpc) is 2.42. The van der Waals surface area contributed by atoms with Crippen molar-refractivity contribution < 1.29 is 10.0 Å². The van der Waals surface area contributed by atoms with Gasteiger partial charge < -0.3 is 5.11 Å². The van der Waals surface area contributed by atoms with E-state index in [-0.39, 0.29) is 22.6 Å². The fraction of sp³-hybridized carbons (Fsp3) is 0.625. The summed E-state index contributed by atoms with van der Waals surface area (Å²) >= 11 is 5.97. The van der Waals surface area contributed by atoms with Gasteiger partial charge in [0, 0.05) is 16.7 Å². The summed E-state index contributed by atoms with van der Waals surface area (Å²) in [5.74, 6) is 0.717. The summed E-state index contributed by atoms with van der Waals surface area (Å²) in [5, 5.41) is 21.8. The number of halogens is 1. The van der Waals surface area contributed by atoms with E-state index in [0.717, 1.165) is 25.7 Å². The van der Waals surface area contributed by atoms with Crippen LogP contribution in [-0.2, 0) is 6.42 Å². The standard InChI is InChI=1S/C16H22ClNO3/c1-2-3-11-4-7-16(19)13(8-11)9-12-10-14(17)5-6-15(12)18(20)21/h5-6,10-11,13,16,19H,2-4,7-9H2,1H3. The topological polar surface area (TPSA) is 63.4 Å². The van der Waals surface area contributed by atoms with Gasteiger partial charge in [-0.2, -0.15) is 0 Å². The summed E-state index contributed by atoms with van der Waals surface area (Å²) < 4.78 is 0. The molecule has 1 saturated carbocycles. The predicted molar refractivity (Wildman–Crippen MR) is 83.6 cm³/mol. The molecule has 3 atom stereocenters. The lowest BCUT2D eigenvalue weighted by molar-refractivity contribution is -0.385. The Morgan fingerprint density at radius 3 is 2.86 bits per heavy atom. The van der Waals surface area contributed by atoms with Gasteiger partial charge in [0.2, 0.25) is 0 Å². The van der Waals surface area contributed by atoms with Gasteiger partial charge in [-0.15, -0.1) is 0 Å². The Hall–Kier alpha value is -1.13. The molecule has 0 saturated heterocycles. The van der Waals surface area contributed by atoms with Gasteiger partial charge in [0.1, 0.15) is 0 Å². The van der Waals surface area contributed by atoms with E-state index in [2.05, 4.69) is 6.92 Å². The molecular weight excluding hydrogens is 290 g/mol. The van der Waals surface area contributed by atoms with E-state index in [1.165, 1.54) is 12.5 Å². The van der Waals surface area contributed by atoms with E-state index in [4.69, 9.17) is 11.6 Å². The number of rotatable bonds is 5. The summed E-state index contributed by atoms with van der Waals surface area (Å²) in [6, 6.07) is 4.66. The van der Waals surface area contributed by atoms with Crippen LogP contribution in [0.25, 0.3) is 0 Å². The molecule has 1 N–H and O–H groups in total. The van der Waals surface area contributed by atoms with Crippen LogP contribution in [0.4, 0.5) is 5.69 Å². The zero-order valence-electron chi connectivity index (χ0n) is 12.3. The first-order valence-corrected chi connectivity index (χ1v) is 8.00. The van der Waals surface area contributed by atoms with Crippen LogP contribution in [0.2, 0.25) is 5.02 Å². The fourth-order valence-electron chi connectivity index (χ4n) is 3.41. The Bertz CT molecular complexity index is 506. The van der Waals surface area contributed by atoms with Crippen molar-refractivity contribution in [3.05, 3.63) is 38.9 Å². The Balaban J connectivity index is 2.15. The first-order valence-electron chi connectivity index (χ1n) is 7.62. The molecule has 21 heavy (non-hydrogen) atoms. The molecule has 1 fully saturated rings. The van der Waals surface area contributed by atoms with Crippen LogP contribution in [0, 0.1) is 22.0 Å². The molecule has 1 aliphatic rings. The van der Waals surface area contributed by atoms with Gasteiger partial charge in [0.05, 0.1) is 11.0 Å². The summed E-state index contributed by atoms with van der Waals surface area (Å²) in [6.07, 6.45) is 5.27. The molecule has 1 aromatic rings. The first kappa shape index (κ1) is 16.2. The minimum absolute atomic E-state index is 0.0902. The van der Waals surface area contributed by atoms with Crippen LogP contribution in [-0.4, -0.2) is 16.1 Å². The van der Waals surface area contributed by atoms with Crippen LogP contribution in [0.3, 0.4) is 0 Å². The number of hydrogen-bond donors (Lipinski definition) is 1. The van der Waals surface area contributed by atoms with Crippen LogP contribution in [0.5, 0.6) is 0 Å². The van der Waals surface area contributed by atoms with Gasteiger partial charge in [0.25, 0.3) is 5.69 Å². The Morgan fingerprint density at radius 1 is 1.43 bits per heavy atom. The lowest BCUT2D eigenvalue weighted by Crippen LogP contribution is -2.30. The minimum Gasteiger partial charge on any atom is -0.393 e. The van der Waals surface area contributed by atoms with Crippen molar-refractivity contribution in [1.82, 2.24) is 0 Å². The summed E-state index contributed by atoms with van der Waals surface area (Å²) in [5.41, 5.74) is 0.734. The number of nitro groups is 1. The molecule has 0 amide bonds. The average molecular weight is 312 g/mol. The third-order valence-electron chi connectivity index (χ3n) is 4.47. The molecule has 4 nitrogen and oxygen atoms in total. The highest BCUT2D eigenvalue weighted by molar-refractivity contribution is 6.30. The van der Waals surface area contributed by atoms with Crippen molar-refractivity contribution in [1.29, 1.82) is 0 Å². The Morgan fingerprint density at radius 2 is 2.19 bits per heavy atom. The van der Waals surface area contributed by atoms with Crippen LogP contribution >= 0.6 is 11.6 Å². The quantitative estimate of drug-likeness (QED) is 0.648. The summed E-state index contributed by atoms with van der Waals surface area (Å²) in [6.45, 7) is 2.17. The Kier molecular flexibility index (Phi) is 5.59. The van der Waals surface area contributed by atoms with Crippen molar-refractivity contribution in [3.8, 4) is 0 Å². The molecule has 0 aliphatic heterocycles. The van der Waals surface area contributed by atoms with Crippen LogP contribution < -0.4 is 0 Å². The highest BCUT2D eigenvalue weighted by atomic mass is 35.5. The van der Waals surface area contributed by atoms with E-state index in [1.807, 2.05) is 0 Å². The zero-order valence-corrected chi connectivity index (χ0v) is 13.1. The molecule has 5 heteroatoms. The maximum Gasteiger partial charge on any atom is 0.272 e. The lowest BCUT2D eigenvalue weighted by Gasteiger charge is -2.33. The molecule has 116 valence electrons. The molecule has 0 spiro atoms. The van der Waals surface area contributed by atoms with Gasteiger partial charge in [-0.05, 0) is 49.7 Å². The molecular formula is C16H22ClNO3. The largest absolute Gasteiger partial charge is 0.393 e. The van der Waals surface area contributed by atoms with Crippen molar-refractivity contribution in [2.24, 2.45) is 11.8 Å². The van der Waals surface area contributed by atoms with Crippen LogP contribution in [0.1, 0.15) is 44.6 Å². The Labute approximate surface area is 130 Å². The summed E-state index contributed by atoms with van der Waals surface area (Å²) in [7, 11) is 0. The zero-order chi connectivity index (χ0) is 15.4. The molecule has 1 aliphatic carbocycles. The van der Waals surface area contributed by atoms with E-state index in [1.54, 1.807) is 12.1 Å².